The first-order chi connectivity index (χ1) is 15.2. The van der Waals surface area contributed by atoms with E-state index in [9.17, 15) is 4.79 Å². The maximum atomic E-state index is 12.8. The van der Waals surface area contributed by atoms with Crippen LogP contribution in [0.25, 0.3) is 20.7 Å². The van der Waals surface area contributed by atoms with Crippen molar-refractivity contribution in [1.29, 1.82) is 0 Å². The fraction of sp³-hybridized carbons (Fsp3) is 0.304. The number of rotatable bonds is 4. The zero-order chi connectivity index (χ0) is 21.2. The van der Waals surface area contributed by atoms with Gasteiger partial charge in [0.2, 0.25) is 5.91 Å². The van der Waals surface area contributed by atoms with Crippen LogP contribution in [0.3, 0.4) is 0 Å². The van der Waals surface area contributed by atoms with Crippen molar-refractivity contribution in [1.82, 2.24) is 19.9 Å². The third-order valence-electron chi connectivity index (χ3n) is 5.52. The summed E-state index contributed by atoms with van der Waals surface area (Å²) >= 11 is 3.41. The molecule has 0 aromatic carbocycles. The number of nitrogens with zero attached hydrogens (tertiary/aromatic N) is 5. The van der Waals surface area contributed by atoms with Crippen LogP contribution in [-0.4, -0.2) is 51.9 Å². The van der Waals surface area contributed by atoms with Gasteiger partial charge in [-0.15, -0.1) is 22.7 Å². The zero-order valence-electron chi connectivity index (χ0n) is 17.3. The third-order valence-corrected chi connectivity index (χ3v) is 7.29. The van der Waals surface area contributed by atoms with Crippen LogP contribution in [0.15, 0.2) is 47.3 Å². The second-order valence-corrected chi connectivity index (χ2v) is 9.43. The van der Waals surface area contributed by atoms with E-state index in [1.807, 2.05) is 30.0 Å². The molecule has 0 N–H and O–H groups in total. The highest BCUT2D eigenvalue weighted by molar-refractivity contribution is 7.18. The average Bonchev–Trinajstić information content (AvgIpc) is 3.38. The Hall–Kier alpha value is -2.84. The van der Waals surface area contributed by atoms with E-state index in [1.54, 1.807) is 28.9 Å². The maximum absolute atomic E-state index is 12.8. The van der Waals surface area contributed by atoms with Crippen LogP contribution < -0.4 is 4.90 Å². The Morgan fingerprint density at radius 2 is 2.00 bits per heavy atom. The summed E-state index contributed by atoms with van der Waals surface area (Å²) in [6, 6.07) is 9.93. The number of anilines is 1. The molecular formula is C23H23N5OS2. The molecule has 0 saturated carbocycles. The molecule has 6 nitrogen and oxygen atoms in total. The summed E-state index contributed by atoms with van der Waals surface area (Å²) < 4.78 is 0. The van der Waals surface area contributed by atoms with Gasteiger partial charge in [-0.1, -0.05) is 12.1 Å². The van der Waals surface area contributed by atoms with Gasteiger partial charge < -0.3 is 9.80 Å². The monoisotopic (exact) mass is 449 g/mol. The Bertz CT molecular complexity index is 1190. The fourth-order valence-corrected chi connectivity index (χ4v) is 5.82. The van der Waals surface area contributed by atoms with E-state index in [2.05, 4.69) is 37.8 Å². The van der Waals surface area contributed by atoms with Crippen LogP contribution in [0.1, 0.15) is 17.9 Å². The molecular weight excluding hydrogens is 426 g/mol. The molecule has 0 atom stereocenters. The Morgan fingerprint density at radius 3 is 2.81 bits per heavy atom. The molecule has 5 heterocycles. The van der Waals surface area contributed by atoms with E-state index in [-0.39, 0.29) is 5.91 Å². The average molecular weight is 450 g/mol. The molecule has 0 spiro atoms. The van der Waals surface area contributed by atoms with Crippen LogP contribution in [-0.2, 0) is 11.2 Å². The lowest BCUT2D eigenvalue weighted by Crippen LogP contribution is -2.36. The molecule has 1 amide bonds. The summed E-state index contributed by atoms with van der Waals surface area (Å²) in [4.78, 5) is 33.2. The predicted molar refractivity (Wildman–Crippen MR) is 127 cm³/mol. The summed E-state index contributed by atoms with van der Waals surface area (Å²) in [6.07, 6.45) is 3.00. The second-order valence-electron chi connectivity index (χ2n) is 7.62. The lowest BCUT2D eigenvalue weighted by molar-refractivity contribution is -0.130. The van der Waals surface area contributed by atoms with Crippen molar-refractivity contribution in [2.45, 2.75) is 19.8 Å². The van der Waals surface area contributed by atoms with Gasteiger partial charge in [0.25, 0.3) is 0 Å². The number of carbonyl (C=O) groups is 1. The van der Waals surface area contributed by atoms with Crippen molar-refractivity contribution in [3.8, 4) is 10.4 Å². The molecule has 5 rings (SSSR count). The van der Waals surface area contributed by atoms with Gasteiger partial charge in [0.05, 0.1) is 11.8 Å². The van der Waals surface area contributed by atoms with E-state index in [1.165, 1.54) is 10.4 Å². The van der Waals surface area contributed by atoms with Crippen LogP contribution in [0.2, 0.25) is 0 Å². The molecule has 1 saturated heterocycles. The van der Waals surface area contributed by atoms with Crippen LogP contribution in [0.5, 0.6) is 0 Å². The predicted octanol–water partition coefficient (Wildman–Crippen LogP) is 4.40. The standard InChI is InChI=1S/C23H23N5OS2/c1-16-25-22(21-18(15-31-23(21)26-16)19-7-4-13-30-19)28-10-5-9-27(11-12-28)20(29)14-17-6-2-3-8-24-17/h2-4,6-8,13,15H,5,9-12,14H2,1H3. The summed E-state index contributed by atoms with van der Waals surface area (Å²) in [5.74, 6) is 1.92. The van der Waals surface area contributed by atoms with Gasteiger partial charge in [-0.25, -0.2) is 9.97 Å². The Balaban J connectivity index is 1.40. The number of fused-ring (bicyclic) bond motifs is 1. The van der Waals surface area contributed by atoms with E-state index in [0.29, 0.717) is 13.0 Å². The largest absolute Gasteiger partial charge is 0.354 e. The molecule has 0 radical (unpaired) electrons. The topological polar surface area (TPSA) is 62.2 Å². The highest BCUT2D eigenvalue weighted by atomic mass is 32.1. The van der Waals surface area contributed by atoms with Gasteiger partial charge in [-0.05, 0) is 36.9 Å². The van der Waals surface area contributed by atoms with Crippen LogP contribution in [0.4, 0.5) is 5.82 Å². The molecule has 1 aliphatic rings. The van der Waals surface area contributed by atoms with Gasteiger partial charge in [0.15, 0.2) is 0 Å². The van der Waals surface area contributed by atoms with Gasteiger partial charge in [-0.2, -0.15) is 0 Å². The lowest BCUT2D eigenvalue weighted by Gasteiger charge is -2.24. The Morgan fingerprint density at radius 1 is 1.06 bits per heavy atom. The van der Waals surface area contributed by atoms with Crippen molar-refractivity contribution in [2.75, 3.05) is 31.1 Å². The minimum atomic E-state index is 0.138. The van der Waals surface area contributed by atoms with Crippen molar-refractivity contribution >= 4 is 44.6 Å². The van der Waals surface area contributed by atoms with Crippen molar-refractivity contribution in [2.24, 2.45) is 0 Å². The fourth-order valence-electron chi connectivity index (χ4n) is 4.02. The molecule has 4 aromatic rings. The Kier molecular flexibility index (Phi) is 5.65. The first-order valence-electron chi connectivity index (χ1n) is 10.4. The van der Waals surface area contributed by atoms with Gasteiger partial charge in [-0.3, -0.25) is 9.78 Å². The molecule has 158 valence electrons. The molecule has 0 unspecified atom stereocenters. The van der Waals surface area contributed by atoms with E-state index < -0.39 is 0 Å². The van der Waals surface area contributed by atoms with E-state index in [0.717, 1.165) is 53.6 Å². The summed E-state index contributed by atoms with van der Waals surface area (Å²) in [5.41, 5.74) is 2.03. The van der Waals surface area contributed by atoms with Gasteiger partial charge >= 0.3 is 0 Å². The van der Waals surface area contributed by atoms with Crippen LogP contribution >= 0.6 is 22.7 Å². The number of carbonyl (C=O) groups excluding carboxylic acids is 1. The number of pyridine rings is 1. The molecule has 1 aliphatic heterocycles. The number of aromatic nitrogens is 3. The first-order valence-corrected chi connectivity index (χ1v) is 12.2. The number of hydrogen-bond acceptors (Lipinski definition) is 7. The zero-order valence-corrected chi connectivity index (χ0v) is 19.0. The van der Waals surface area contributed by atoms with E-state index >= 15 is 0 Å². The first kappa shape index (κ1) is 20.1. The number of thiophene rings is 2. The summed E-state index contributed by atoms with van der Waals surface area (Å²) in [5, 5.41) is 5.42. The van der Waals surface area contributed by atoms with Gasteiger partial charge in [0, 0.05) is 53.9 Å². The maximum Gasteiger partial charge on any atom is 0.228 e. The van der Waals surface area contributed by atoms with Crippen molar-refractivity contribution in [3.05, 3.63) is 58.8 Å². The highest BCUT2D eigenvalue weighted by Crippen LogP contribution is 2.40. The minimum Gasteiger partial charge on any atom is -0.354 e. The highest BCUT2D eigenvalue weighted by Gasteiger charge is 2.24. The molecule has 0 aliphatic carbocycles. The minimum absolute atomic E-state index is 0.138. The van der Waals surface area contributed by atoms with Gasteiger partial charge in [0.1, 0.15) is 16.5 Å². The quantitative estimate of drug-likeness (QED) is 0.462. The molecule has 1 fully saturated rings. The normalized spacial score (nSPS) is 14.7. The summed E-state index contributed by atoms with van der Waals surface area (Å²) in [6.45, 7) is 5.04. The smallest absolute Gasteiger partial charge is 0.228 e. The molecule has 4 aromatic heterocycles. The van der Waals surface area contributed by atoms with Crippen LogP contribution in [0, 0.1) is 6.92 Å². The number of hydrogen-bond donors (Lipinski definition) is 0. The SMILES string of the molecule is Cc1nc(N2CCCN(C(=O)Cc3ccccn3)CC2)c2c(-c3cccs3)csc2n1. The van der Waals surface area contributed by atoms with Crippen molar-refractivity contribution < 1.29 is 4.79 Å². The number of aryl methyl sites for hydroxylation is 1. The molecule has 31 heavy (non-hydrogen) atoms. The lowest BCUT2D eigenvalue weighted by atomic mass is 10.2. The third kappa shape index (κ3) is 4.18. The van der Waals surface area contributed by atoms with E-state index in [4.69, 9.17) is 4.98 Å². The number of amides is 1. The summed E-state index contributed by atoms with van der Waals surface area (Å²) in [7, 11) is 0. The Labute approximate surface area is 189 Å². The van der Waals surface area contributed by atoms with Crippen molar-refractivity contribution in [3.63, 3.8) is 0 Å². The molecule has 8 heteroatoms. The molecule has 0 bridgehead atoms. The second kappa shape index (κ2) is 8.72.